The van der Waals surface area contributed by atoms with Gasteiger partial charge >= 0.3 is 30.2 Å². The van der Waals surface area contributed by atoms with Gasteiger partial charge < -0.3 is 53.2 Å². The van der Waals surface area contributed by atoms with E-state index in [0.29, 0.717) is 42.2 Å². The minimum atomic E-state index is -0.229. The summed E-state index contributed by atoms with van der Waals surface area (Å²) in [4.78, 5) is 59.3. The highest BCUT2D eigenvalue weighted by Crippen LogP contribution is 2.24. The van der Waals surface area contributed by atoms with E-state index >= 15 is 0 Å². The van der Waals surface area contributed by atoms with Crippen LogP contribution in [0.4, 0.5) is 69.5 Å². The lowest BCUT2D eigenvalue weighted by Crippen LogP contribution is -2.38. The number of rotatable bonds is 17. The minimum Gasteiger partial charge on any atom is -0.338 e. The van der Waals surface area contributed by atoms with Crippen molar-refractivity contribution in [2.24, 2.45) is 0 Å². The highest BCUT2D eigenvalue weighted by Gasteiger charge is 2.16. The summed E-state index contributed by atoms with van der Waals surface area (Å²) >= 11 is 0. The number of anilines is 8. The highest BCUT2D eigenvalue weighted by molar-refractivity contribution is 6.01. The number of carbonyl (C=O) groups excluding carboxylic acids is 5. The number of hydrogen-bond donors (Lipinski definition) is 10. The summed E-state index contributed by atoms with van der Waals surface area (Å²) < 4.78 is 0. The molecule has 1 saturated carbocycles. The van der Waals surface area contributed by atoms with Gasteiger partial charge in [0, 0.05) is 58.1 Å². The molecule has 0 spiro atoms. The molecule has 1 aliphatic carbocycles. The first-order chi connectivity index (χ1) is 47.9. The molecular formula is C85H106N10O5. The van der Waals surface area contributed by atoms with E-state index in [4.69, 9.17) is 0 Å². The molecule has 0 heterocycles. The number of benzene rings is 9. The number of amides is 10. The third kappa shape index (κ3) is 30.0. The van der Waals surface area contributed by atoms with Gasteiger partial charge in [-0.15, -0.1) is 0 Å². The van der Waals surface area contributed by atoms with Gasteiger partial charge in [-0.05, 0) is 217 Å². The standard InChI is InChI=1S/C18H22N2O.3C17H20N2O.C16H24N2O/c1-14(2)16-8-10-17(11-9-16)20-18(21)19-13-12-15-6-4-3-5-7-15;3*1-12(2)14-7-9-15(10-8-14)18-17(20)19-16-6-4-5-13(3)11-16;1-12(2)13-8-10-15(11-9-13)18-16(19)17-14-6-4-3-5-7-14/h3-11,14H,12-13H2,1-2H3,(H2,19,20,21);3*4-12H,1-3H3,(H2,18,19,20);8-12,14H,3-7H2,1-2H3,(H2,17,18,19). The van der Waals surface area contributed by atoms with Gasteiger partial charge in [0.15, 0.2) is 0 Å². The Morgan fingerprint density at radius 2 is 0.570 bits per heavy atom. The average molecular weight is 1350 g/mol. The highest BCUT2D eigenvalue weighted by atomic mass is 16.2. The van der Waals surface area contributed by atoms with Crippen LogP contribution < -0.4 is 53.2 Å². The summed E-state index contributed by atoms with van der Waals surface area (Å²) in [6, 6.07) is 72.5. The number of urea groups is 5. The second-order valence-electron chi connectivity index (χ2n) is 26.8. The molecule has 9 aromatic rings. The van der Waals surface area contributed by atoms with Gasteiger partial charge in [0.2, 0.25) is 0 Å². The number of hydrogen-bond acceptors (Lipinski definition) is 5. The van der Waals surface area contributed by atoms with Crippen LogP contribution in [0.25, 0.3) is 0 Å². The second kappa shape index (κ2) is 41.6. The van der Waals surface area contributed by atoms with Crippen LogP contribution in [-0.2, 0) is 6.42 Å². The molecule has 9 aromatic carbocycles. The molecule has 100 heavy (non-hydrogen) atoms. The monoisotopic (exact) mass is 1350 g/mol. The molecule has 0 aromatic heterocycles. The van der Waals surface area contributed by atoms with E-state index in [1.54, 1.807) is 0 Å². The Balaban J connectivity index is 0.000000197. The summed E-state index contributed by atoms with van der Waals surface area (Å²) in [5.41, 5.74) is 17.3. The molecule has 0 radical (unpaired) electrons. The van der Waals surface area contributed by atoms with Crippen molar-refractivity contribution in [2.75, 3.05) is 49.1 Å². The first kappa shape index (κ1) is 78.3. The van der Waals surface area contributed by atoms with Gasteiger partial charge in [-0.3, -0.25) is 0 Å². The third-order valence-corrected chi connectivity index (χ3v) is 16.5. The zero-order valence-electron chi connectivity index (χ0n) is 60.8. The Bertz CT molecular complexity index is 3660. The first-order valence-electron chi connectivity index (χ1n) is 35.0. The van der Waals surface area contributed by atoms with Crippen molar-refractivity contribution in [3.63, 3.8) is 0 Å². The van der Waals surface area contributed by atoms with Gasteiger partial charge in [-0.25, -0.2) is 24.0 Å². The zero-order chi connectivity index (χ0) is 72.3. The normalized spacial score (nSPS) is 11.5. The molecule has 1 aliphatic rings. The maximum absolute atomic E-state index is 11.9. The van der Waals surface area contributed by atoms with E-state index in [1.165, 1.54) is 52.6 Å². The van der Waals surface area contributed by atoms with Crippen molar-refractivity contribution < 1.29 is 24.0 Å². The third-order valence-electron chi connectivity index (χ3n) is 16.5. The van der Waals surface area contributed by atoms with Crippen LogP contribution in [0.2, 0.25) is 0 Å². The molecule has 10 N–H and O–H groups in total. The molecule has 0 aliphatic heterocycles. The SMILES string of the molecule is CC(C)c1ccc(NC(=O)NC2CCCCC2)cc1.CC(C)c1ccc(NC(=O)NCCc2ccccc2)cc1.Cc1cccc(NC(=O)Nc2ccc(C(C)C)cc2)c1.Cc1cccc(NC(=O)Nc2ccc(C(C)C)cc2)c1.Cc1cccc(NC(=O)Nc2ccc(C(C)C)cc2)c1. The van der Waals surface area contributed by atoms with Crippen molar-refractivity contribution >= 4 is 75.7 Å². The predicted molar refractivity (Wildman–Crippen MR) is 420 cm³/mol. The molecule has 15 heteroatoms. The fraction of sp³-hybridized carbons (Fsp3) is 0.306. The number of nitrogens with one attached hydrogen (secondary N) is 10. The van der Waals surface area contributed by atoms with Crippen LogP contribution in [0.5, 0.6) is 0 Å². The lowest BCUT2D eigenvalue weighted by atomic mass is 9.96. The maximum Gasteiger partial charge on any atom is 0.323 e. The number of aryl methyl sites for hydroxylation is 3. The van der Waals surface area contributed by atoms with Gasteiger partial charge in [-0.2, -0.15) is 0 Å². The Hall–Kier alpha value is -10.7. The van der Waals surface area contributed by atoms with Crippen LogP contribution >= 0.6 is 0 Å². The lowest BCUT2D eigenvalue weighted by Gasteiger charge is -2.22. The van der Waals surface area contributed by atoms with Crippen molar-refractivity contribution in [3.8, 4) is 0 Å². The van der Waals surface area contributed by atoms with E-state index in [-0.39, 0.29) is 30.2 Å². The largest absolute Gasteiger partial charge is 0.338 e. The van der Waals surface area contributed by atoms with Gasteiger partial charge in [-0.1, -0.05) is 216 Å². The van der Waals surface area contributed by atoms with E-state index in [9.17, 15) is 24.0 Å². The Kier molecular flexibility index (Phi) is 32.5. The quantitative estimate of drug-likeness (QED) is 0.0431. The molecule has 0 saturated heterocycles. The zero-order valence-corrected chi connectivity index (χ0v) is 60.8. The van der Waals surface area contributed by atoms with Crippen LogP contribution in [-0.4, -0.2) is 42.7 Å². The molecule has 15 nitrogen and oxygen atoms in total. The van der Waals surface area contributed by atoms with Crippen molar-refractivity contribution in [1.29, 1.82) is 0 Å². The molecule has 0 bridgehead atoms. The summed E-state index contributed by atoms with van der Waals surface area (Å²) in [7, 11) is 0. The van der Waals surface area contributed by atoms with Crippen LogP contribution in [0.3, 0.4) is 0 Å². The van der Waals surface area contributed by atoms with Gasteiger partial charge in [0.05, 0.1) is 0 Å². The van der Waals surface area contributed by atoms with Gasteiger partial charge in [0.25, 0.3) is 0 Å². The van der Waals surface area contributed by atoms with Crippen molar-refractivity contribution in [2.45, 2.75) is 164 Å². The molecular weight excluding hydrogens is 1240 g/mol. The second-order valence-corrected chi connectivity index (χ2v) is 26.8. The summed E-state index contributed by atoms with van der Waals surface area (Å²) in [6.45, 7) is 28.1. The molecule has 526 valence electrons. The lowest BCUT2D eigenvalue weighted by molar-refractivity contribution is 0.244. The minimum absolute atomic E-state index is 0.0794. The maximum atomic E-state index is 11.9. The smallest absolute Gasteiger partial charge is 0.323 e. The Morgan fingerprint density at radius 1 is 0.300 bits per heavy atom. The number of carbonyl (C=O) groups is 5. The fourth-order valence-corrected chi connectivity index (χ4v) is 10.5. The summed E-state index contributed by atoms with van der Waals surface area (Å²) in [5.74, 6) is 2.49. The first-order valence-corrected chi connectivity index (χ1v) is 35.0. The predicted octanol–water partition coefficient (Wildman–Crippen LogP) is 22.7. The average Bonchev–Trinajstić information content (AvgIpc) is 0.937. The van der Waals surface area contributed by atoms with Crippen LogP contribution in [0.1, 0.15) is 181 Å². The van der Waals surface area contributed by atoms with Crippen molar-refractivity contribution in [1.82, 2.24) is 10.6 Å². The van der Waals surface area contributed by atoms with E-state index in [2.05, 4.69) is 147 Å². The molecule has 0 atom stereocenters. The van der Waals surface area contributed by atoms with Crippen molar-refractivity contribution in [3.05, 3.63) is 275 Å². The van der Waals surface area contributed by atoms with Crippen LogP contribution in [0.15, 0.2) is 224 Å². The van der Waals surface area contributed by atoms with E-state index in [0.717, 1.165) is 81.5 Å². The van der Waals surface area contributed by atoms with Crippen LogP contribution in [0, 0.1) is 20.8 Å². The topological polar surface area (TPSA) is 206 Å². The van der Waals surface area contributed by atoms with E-state index < -0.39 is 0 Å². The Labute approximate surface area is 595 Å². The molecule has 10 amide bonds. The van der Waals surface area contributed by atoms with E-state index in [1.807, 2.05) is 221 Å². The molecule has 1 fully saturated rings. The fourth-order valence-electron chi connectivity index (χ4n) is 10.5. The Morgan fingerprint density at radius 3 is 0.850 bits per heavy atom. The molecule has 10 rings (SSSR count). The molecule has 0 unspecified atom stereocenters. The summed E-state index contributed by atoms with van der Waals surface area (Å²) in [5, 5.41) is 28.6. The van der Waals surface area contributed by atoms with Gasteiger partial charge in [0.1, 0.15) is 0 Å². The summed E-state index contributed by atoms with van der Waals surface area (Å²) in [6.07, 6.45) is 6.82.